The molecule has 5 heteroatoms. The fourth-order valence-electron chi connectivity index (χ4n) is 2.57. The third-order valence-electron chi connectivity index (χ3n) is 3.54. The second-order valence-electron chi connectivity index (χ2n) is 5.18. The monoisotopic (exact) mass is 282 g/mol. The van der Waals surface area contributed by atoms with E-state index in [1.165, 1.54) is 19.3 Å². The van der Waals surface area contributed by atoms with Gasteiger partial charge in [-0.15, -0.1) is 0 Å². The maximum absolute atomic E-state index is 6.24. The molecule has 1 atom stereocenters. The molecule has 2 heterocycles. The number of rotatable bonds is 6. The molecule has 0 aliphatic carbocycles. The zero-order chi connectivity index (χ0) is 13.7. The van der Waals surface area contributed by atoms with E-state index in [9.17, 15) is 0 Å². The highest BCUT2D eigenvalue weighted by atomic mass is 35.5. The minimum atomic E-state index is 0.652. The lowest BCUT2D eigenvalue weighted by Crippen LogP contribution is -2.22. The molecule has 1 aromatic heterocycles. The van der Waals surface area contributed by atoms with Crippen molar-refractivity contribution in [2.75, 3.05) is 29.9 Å². The molecule has 0 saturated carbocycles. The Labute approximate surface area is 120 Å². The lowest BCUT2D eigenvalue weighted by atomic mass is 10.0. The first kappa shape index (κ1) is 14.4. The van der Waals surface area contributed by atoms with Crippen molar-refractivity contribution in [2.45, 2.75) is 39.5 Å². The van der Waals surface area contributed by atoms with Gasteiger partial charge in [0.15, 0.2) is 5.82 Å². The van der Waals surface area contributed by atoms with Crippen molar-refractivity contribution in [1.29, 1.82) is 0 Å². The average Bonchev–Trinajstić information content (AvgIpc) is 2.87. The van der Waals surface area contributed by atoms with E-state index >= 15 is 0 Å². The quantitative estimate of drug-likeness (QED) is 0.866. The predicted molar refractivity (Wildman–Crippen MR) is 81.1 cm³/mol. The summed E-state index contributed by atoms with van der Waals surface area (Å²) in [6.07, 6.45) is 6.55. The van der Waals surface area contributed by atoms with Gasteiger partial charge in [-0.1, -0.05) is 31.9 Å². The summed E-state index contributed by atoms with van der Waals surface area (Å²) in [5.74, 6) is 2.34. The summed E-state index contributed by atoms with van der Waals surface area (Å²) in [6, 6.07) is 0. The molecule has 1 aliphatic rings. The smallest absolute Gasteiger partial charge is 0.224 e. The van der Waals surface area contributed by atoms with Gasteiger partial charge in [-0.05, 0) is 25.2 Å². The van der Waals surface area contributed by atoms with Gasteiger partial charge in [-0.25, -0.2) is 4.98 Å². The van der Waals surface area contributed by atoms with Crippen LogP contribution in [0, 0.1) is 5.92 Å². The zero-order valence-corrected chi connectivity index (χ0v) is 12.6. The first-order valence-electron chi connectivity index (χ1n) is 7.26. The van der Waals surface area contributed by atoms with E-state index in [2.05, 4.69) is 34.0 Å². The first-order valence-corrected chi connectivity index (χ1v) is 7.63. The second-order valence-corrected chi connectivity index (χ2v) is 5.59. The Kier molecular flexibility index (Phi) is 5.25. The lowest BCUT2D eigenvalue weighted by Gasteiger charge is -2.19. The number of halogens is 1. The predicted octanol–water partition coefficient (Wildman–Crippen LogP) is 3.58. The molecule has 1 aromatic rings. The summed E-state index contributed by atoms with van der Waals surface area (Å²) in [6.45, 7) is 7.37. The van der Waals surface area contributed by atoms with Crippen molar-refractivity contribution in [3.8, 4) is 0 Å². The summed E-state index contributed by atoms with van der Waals surface area (Å²) in [4.78, 5) is 11.1. The maximum atomic E-state index is 6.24. The van der Waals surface area contributed by atoms with Gasteiger partial charge in [-0.2, -0.15) is 4.98 Å². The van der Waals surface area contributed by atoms with Gasteiger partial charge in [0.05, 0.1) is 6.20 Å². The van der Waals surface area contributed by atoms with Crippen LogP contribution in [0.5, 0.6) is 0 Å². The van der Waals surface area contributed by atoms with Crippen molar-refractivity contribution >= 4 is 23.4 Å². The summed E-state index contributed by atoms with van der Waals surface area (Å²) >= 11 is 6.24. The van der Waals surface area contributed by atoms with Gasteiger partial charge in [-0.3, -0.25) is 0 Å². The van der Waals surface area contributed by atoms with E-state index < -0.39 is 0 Å². The third kappa shape index (κ3) is 3.72. The minimum Gasteiger partial charge on any atom is -0.355 e. The molecule has 1 N–H and O–H groups in total. The van der Waals surface area contributed by atoms with Crippen LogP contribution < -0.4 is 10.2 Å². The number of nitrogens with one attached hydrogen (secondary N) is 1. The molecule has 0 aromatic carbocycles. The van der Waals surface area contributed by atoms with E-state index in [0.29, 0.717) is 11.0 Å². The average molecular weight is 283 g/mol. The number of anilines is 2. The van der Waals surface area contributed by atoms with Crippen LogP contribution in [0.3, 0.4) is 0 Å². The fraction of sp³-hybridized carbons (Fsp3) is 0.714. The Bertz CT molecular complexity index is 410. The zero-order valence-electron chi connectivity index (χ0n) is 11.8. The Morgan fingerprint density at radius 1 is 1.42 bits per heavy atom. The highest BCUT2D eigenvalue weighted by molar-refractivity contribution is 6.32. The number of nitrogens with zero attached hydrogens (tertiary/aromatic N) is 3. The Morgan fingerprint density at radius 2 is 2.26 bits per heavy atom. The summed E-state index contributed by atoms with van der Waals surface area (Å²) < 4.78 is 0. The van der Waals surface area contributed by atoms with E-state index in [0.717, 1.165) is 37.8 Å². The van der Waals surface area contributed by atoms with Gasteiger partial charge in [0.25, 0.3) is 0 Å². The van der Waals surface area contributed by atoms with Crippen LogP contribution in [0.2, 0.25) is 5.02 Å². The van der Waals surface area contributed by atoms with Crippen LogP contribution in [-0.4, -0.2) is 29.6 Å². The number of hydrogen-bond acceptors (Lipinski definition) is 4. The Morgan fingerprint density at radius 3 is 3.00 bits per heavy atom. The second kappa shape index (κ2) is 6.94. The number of hydrogen-bond donors (Lipinski definition) is 1. The molecule has 0 spiro atoms. The highest BCUT2D eigenvalue weighted by Gasteiger charge is 2.24. The van der Waals surface area contributed by atoms with Crippen LogP contribution in [0.4, 0.5) is 11.8 Å². The molecule has 0 radical (unpaired) electrons. The van der Waals surface area contributed by atoms with E-state index in [1.54, 1.807) is 6.20 Å². The molecular weight excluding hydrogens is 260 g/mol. The molecule has 1 saturated heterocycles. The molecule has 1 aliphatic heterocycles. The standard InChI is InChI=1S/C14H23ClN4/c1-3-5-11-6-8-19(10-11)13-12(15)9-17-14(18-13)16-7-4-2/h9,11H,3-8,10H2,1-2H3,(H,16,17,18). The van der Waals surface area contributed by atoms with Crippen molar-refractivity contribution in [3.05, 3.63) is 11.2 Å². The molecule has 4 nitrogen and oxygen atoms in total. The Hall–Kier alpha value is -1.03. The molecule has 0 bridgehead atoms. The fourth-order valence-corrected chi connectivity index (χ4v) is 2.78. The number of aromatic nitrogens is 2. The normalized spacial score (nSPS) is 18.9. The topological polar surface area (TPSA) is 41.1 Å². The SMILES string of the molecule is CCCNc1ncc(Cl)c(N2CCC(CCC)C2)n1. The van der Waals surface area contributed by atoms with Crippen LogP contribution >= 0.6 is 11.6 Å². The Balaban J connectivity index is 2.06. The molecule has 0 amide bonds. The highest BCUT2D eigenvalue weighted by Crippen LogP contribution is 2.30. The van der Waals surface area contributed by atoms with Gasteiger partial charge >= 0.3 is 0 Å². The maximum Gasteiger partial charge on any atom is 0.224 e. The van der Waals surface area contributed by atoms with Crippen molar-refractivity contribution < 1.29 is 0 Å². The third-order valence-corrected chi connectivity index (χ3v) is 3.81. The van der Waals surface area contributed by atoms with Crippen molar-refractivity contribution in [2.24, 2.45) is 5.92 Å². The van der Waals surface area contributed by atoms with E-state index in [1.807, 2.05) is 0 Å². The van der Waals surface area contributed by atoms with Crippen LogP contribution in [0.25, 0.3) is 0 Å². The van der Waals surface area contributed by atoms with E-state index in [4.69, 9.17) is 11.6 Å². The van der Waals surface area contributed by atoms with Crippen LogP contribution in [0.15, 0.2) is 6.20 Å². The van der Waals surface area contributed by atoms with Gasteiger partial charge < -0.3 is 10.2 Å². The van der Waals surface area contributed by atoms with Crippen molar-refractivity contribution in [3.63, 3.8) is 0 Å². The first-order chi connectivity index (χ1) is 9.24. The minimum absolute atomic E-state index is 0.652. The van der Waals surface area contributed by atoms with Crippen LogP contribution in [0.1, 0.15) is 39.5 Å². The largest absolute Gasteiger partial charge is 0.355 e. The molecule has 106 valence electrons. The summed E-state index contributed by atoms with van der Waals surface area (Å²) in [5, 5.41) is 3.87. The molecule has 2 rings (SSSR count). The van der Waals surface area contributed by atoms with Gasteiger partial charge in [0.1, 0.15) is 5.02 Å². The van der Waals surface area contributed by atoms with Crippen molar-refractivity contribution in [1.82, 2.24) is 9.97 Å². The summed E-state index contributed by atoms with van der Waals surface area (Å²) in [5.41, 5.74) is 0. The van der Waals surface area contributed by atoms with Gasteiger partial charge in [0, 0.05) is 19.6 Å². The molecule has 1 unspecified atom stereocenters. The van der Waals surface area contributed by atoms with Crippen LogP contribution in [-0.2, 0) is 0 Å². The molecule has 19 heavy (non-hydrogen) atoms. The lowest BCUT2D eigenvalue weighted by molar-refractivity contribution is 0.529. The molecular formula is C14H23ClN4. The summed E-state index contributed by atoms with van der Waals surface area (Å²) in [7, 11) is 0. The van der Waals surface area contributed by atoms with E-state index in [-0.39, 0.29) is 0 Å². The molecule has 1 fully saturated rings. The van der Waals surface area contributed by atoms with Gasteiger partial charge in [0.2, 0.25) is 5.95 Å².